The summed E-state index contributed by atoms with van der Waals surface area (Å²) in [6.07, 6.45) is 2.92. The molecule has 1 saturated heterocycles. The predicted molar refractivity (Wildman–Crippen MR) is 124 cm³/mol. The second kappa shape index (κ2) is 8.66. The zero-order chi connectivity index (χ0) is 22.0. The molecule has 1 aliphatic rings. The van der Waals surface area contributed by atoms with E-state index in [1.165, 1.54) is 28.8 Å². The molecule has 0 spiro atoms. The van der Waals surface area contributed by atoms with Gasteiger partial charge in [-0.3, -0.25) is 19.8 Å². The number of amides is 1. The molecule has 3 aromatic rings. The van der Waals surface area contributed by atoms with Crippen LogP contribution in [-0.2, 0) is 4.79 Å². The Hall–Kier alpha value is -3.56. The number of rotatable bonds is 5. The molecule has 0 bridgehead atoms. The largest absolute Gasteiger partial charge is 0.439 e. The lowest BCUT2D eigenvalue weighted by molar-refractivity contribution is -0.385. The van der Waals surface area contributed by atoms with E-state index in [1.54, 1.807) is 30.3 Å². The lowest BCUT2D eigenvalue weighted by atomic mass is 10.2. The highest BCUT2D eigenvalue weighted by Crippen LogP contribution is 2.36. The lowest BCUT2D eigenvalue weighted by Gasteiger charge is -2.14. The van der Waals surface area contributed by atoms with Crippen molar-refractivity contribution in [1.82, 2.24) is 4.98 Å². The monoisotopic (exact) mass is 449 g/mol. The van der Waals surface area contributed by atoms with E-state index in [1.807, 2.05) is 31.2 Å². The van der Waals surface area contributed by atoms with E-state index in [0.29, 0.717) is 15.0 Å². The van der Waals surface area contributed by atoms with Crippen molar-refractivity contribution >= 4 is 51.7 Å². The Labute approximate surface area is 187 Å². The summed E-state index contributed by atoms with van der Waals surface area (Å²) in [5, 5.41) is 10.7. The molecule has 0 unspecified atom stereocenters. The van der Waals surface area contributed by atoms with E-state index in [2.05, 4.69) is 4.98 Å². The minimum Gasteiger partial charge on any atom is -0.439 e. The summed E-state index contributed by atoms with van der Waals surface area (Å²) >= 11 is 6.67. The molecule has 2 heterocycles. The maximum Gasteiger partial charge on any atom is 0.287 e. The Morgan fingerprint density at radius 1 is 1.16 bits per heavy atom. The van der Waals surface area contributed by atoms with Crippen LogP contribution in [0.1, 0.15) is 11.1 Å². The van der Waals surface area contributed by atoms with Crippen molar-refractivity contribution in [2.24, 2.45) is 0 Å². The zero-order valence-electron chi connectivity index (χ0n) is 16.2. The van der Waals surface area contributed by atoms with Gasteiger partial charge < -0.3 is 4.74 Å². The first kappa shape index (κ1) is 20.7. The highest BCUT2D eigenvalue weighted by molar-refractivity contribution is 8.27. The molecule has 7 nitrogen and oxygen atoms in total. The van der Waals surface area contributed by atoms with E-state index < -0.39 is 4.92 Å². The van der Waals surface area contributed by atoms with Crippen molar-refractivity contribution in [2.75, 3.05) is 4.90 Å². The topological polar surface area (TPSA) is 85.6 Å². The highest BCUT2D eigenvalue weighted by atomic mass is 32.2. The summed E-state index contributed by atoms with van der Waals surface area (Å²) in [6, 6.07) is 17.5. The first-order valence-electron chi connectivity index (χ1n) is 9.14. The number of carbonyl (C=O) groups is 1. The molecule has 2 aromatic carbocycles. The van der Waals surface area contributed by atoms with Gasteiger partial charge in [0.15, 0.2) is 4.32 Å². The molecule has 0 N–H and O–H groups in total. The number of benzene rings is 2. The Balaban J connectivity index is 1.48. The predicted octanol–water partition coefficient (Wildman–Crippen LogP) is 5.50. The number of aryl methyl sites for hydroxylation is 1. The van der Waals surface area contributed by atoms with Gasteiger partial charge in [-0.05, 0) is 48.4 Å². The summed E-state index contributed by atoms with van der Waals surface area (Å²) in [6.45, 7) is 1.97. The smallest absolute Gasteiger partial charge is 0.287 e. The van der Waals surface area contributed by atoms with Crippen LogP contribution in [0.2, 0.25) is 0 Å². The second-order valence-electron chi connectivity index (χ2n) is 6.64. The van der Waals surface area contributed by atoms with Crippen molar-refractivity contribution in [3.63, 3.8) is 0 Å². The fraction of sp³-hybridized carbons (Fsp3) is 0.0455. The Kier molecular flexibility index (Phi) is 5.79. The van der Waals surface area contributed by atoms with Gasteiger partial charge in [0.1, 0.15) is 11.9 Å². The van der Waals surface area contributed by atoms with Crippen molar-refractivity contribution in [3.05, 3.63) is 93.0 Å². The first-order chi connectivity index (χ1) is 14.9. The van der Waals surface area contributed by atoms with Gasteiger partial charge in [0, 0.05) is 12.1 Å². The third-order valence-corrected chi connectivity index (χ3v) is 5.69. The molecule has 31 heavy (non-hydrogen) atoms. The third-order valence-electron chi connectivity index (χ3n) is 4.39. The van der Waals surface area contributed by atoms with Gasteiger partial charge in [-0.25, -0.2) is 4.98 Å². The average molecular weight is 450 g/mol. The van der Waals surface area contributed by atoms with Gasteiger partial charge in [0.05, 0.1) is 15.5 Å². The first-order valence-corrected chi connectivity index (χ1v) is 10.4. The maximum atomic E-state index is 12.9. The Morgan fingerprint density at radius 2 is 1.94 bits per heavy atom. The highest BCUT2D eigenvalue weighted by Gasteiger charge is 2.33. The maximum absolute atomic E-state index is 12.9. The molecule has 9 heteroatoms. The van der Waals surface area contributed by atoms with Crippen LogP contribution in [0.5, 0.6) is 11.6 Å². The molecule has 0 radical (unpaired) electrons. The quantitative estimate of drug-likeness (QED) is 0.220. The summed E-state index contributed by atoms with van der Waals surface area (Å²) in [7, 11) is 0. The van der Waals surface area contributed by atoms with Gasteiger partial charge in [0.2, 0.25) is 5.88 Å². The van der Waals surface area contributed by atoms with Gasteiger partial charge in [-0.15, -0.1) is 0 Å². The van der Waals surface area contributed by atoms with Gasteiger partial charge >= 0.3 is 0 Å². The number of hydrogen-bond acceptors (Lipinski definition) is 7. The van der Waals surface area contributed by atoms with Crippen molar-refractivity contribution in [3.8, 4) is 11.6 Å². The zero-order valence-corrected chi connectivity index (χ0v) is 17.9. The Morgan fingerprint density at radius 3 is 2.58 bits per heavy atom. The molecular formula is C22H15N3O4S2. The fourth-order valence-electron chi connectivity index (χ4n) is 2.90. The number of pyridine rings is 1. The minimum atomic E-state index is -0.521. The van der Waals surface area contributed by atoms with Crippen LogP contribution >= 0.6 is 24.0 Å². The van der Waals surface area contributed by atoms with Crippen molar-refractivity contribution in [1.29, 1.82) is 0 Å². The van der Waals surface area contributed by atoms with Crippen molar-refractivity contribution < 1.29 is 14.5 Å². The molecule has 0 atom stereocenters. The molecule has 0 saturated carbocycles. The Bertz CT molecular complexity index is 1210. The van der Waals surface area contributed by atoms with Gasteiger partial charge in [0.25, 0.3) is 11.6 Å². The van der Waals surface area contributed by atoms with Crippen LogP contribution in [-0.4, -0.2) is 20.1 Å². The van der Waals surface area contributed by atoms with Crippen LogP contribution in [0.3, 0.4) is 0 Å². The van der Waals surface area contributed by atoms with Crippen molar-refractivity contribution in [2.45, 2.75) is 6.92 Å². The standard InChI is InChI=1S/C22H15N3O4S2/c1-14-3-2-4-16(11-14)24-21(26)19(31-22(24)30)12-15-5-8-18(9-6-15)29-20-10-7-17(13-23-20)25(27)28/h2-13H,1H3/b19-12+. The SMILES string of the molecule is Cc1cccc(N2C(=O)/C(=C\c3ccc(Oc4ccc([N+](=O)[O-])cn4)cc3)SC2=S)c1. The summed E-state index contributed by atoms with van der Waals surface area (Å²) in [5.41, 5.74) is 2.51. The molecule has 1 fully saturated rings. The van der Waals surface area contributed by atoms with Crippen LogP contribution < -0.4 is 9.64 Å². The summed E-state index contributed by atoms with van der Waals surface area (Å²) < 4.78 is 6.10. The van der Waals surface area contributed by atoms with Crippen LogP contribution in [0.15, 0.2) is 71.8 Å². The minimum absolute atomic E-state index is 0.106. The molecule has 4 rings (SSSR count). The lowest BCUT2D eigenvalue weighted by Crippen LogP contribution is -2.27. The number of aromatic nitrogens is 1. The number of nitro groups is 1. The molecule has 1 aromatic heterocycles. The number of thioether (sulfide) groups is 1. The average Bonchev–Trinajstić information content (AvgIpc) is 3.02. The van der Waals surface area contributed by atoms with E-state index in [0.717, 1.165) is 23.0 Å². The number of hydrogen-bond donors (Lipinski definition) is 0. The third kappa shape index (κ3) is 4.62. The fourth-order valence-corrected chi connectivity index (χ4v) is 4.20. The second-order valence-corrected chi connectivity index (χ2v) is 8.31. The summed E-state index contributed by atoms with van der Waals surface area (Å²) in [5.74, 6) is 0.610. The van der Waals surface area contributed by atoms with E-state index in [9.17, 15) is 14.9 Å². The number of thiocarbonyl (C=S) groups is 1. The number of carbonyl (C=O) groups excluding carboxylic acids is 1. The molecule has 0 aliphatic carbocycles. The number of nitrogens with zero attached hydrogens (tertiary/aromatic N) is 3. The van der Waals surface area contributed by atoms with Gasteiger partial charge in [-0.2, -0.15) is 0 Å². The summed E-state index contributed by atoms with van der Waals surface area (Å²) in [4.78, 5) is 29.1. The van der Waals surface area contributed by atoms with E-state index in [-0.39, 0.29) is 17.5 Å². The van der Waals surface area contributed by atoms with Crippen LogP contribution in [0.4, 0.5) is 11.4 Å². The van der Waals surface area contributed by atoms with E-state index in [4.69, 9.17) is 17.0 Å². The molecule has 154 valence electrons. The molecular weight excluding hydrogens is 434 g/mol. The number of ether oxygens (including phenoxy) is 1. The van der Waals surface area contributed by atoms with Gasteiger partial charge in [-0.1, -0.05) is 48.2 Å². The number of anilines is 1. The van der Waals surface area contributed by atoms with Crippen LogP contribution in [0.25, 0.3) is 6.08 Å². The van der Waals surface area contributed by atoms with E-state index >= 15 is 0 Å². The van der Waals surface area contributed by atoms with Crippen LogP contribution in [0, 0.1) is 17.0 Å². The molecule has 1 aliphatic heterocycles. The normalized spacial score (nSPS) is 14.9. The molecule has 1 amide bonds.